The van der Waals surface area contributed by atoms with Crippen molar-refractivity contribution in [3.8, 4) is 0 Å². The number of benzene rings is 1. The number of anilines is 3. The Kier molecular flexibility index (Phi) is 2.87. The Labute approximate surface area is 97.1 Å². The van der Waals surface area contributed by atoms with Crippen molar-refractivity contribution in [1.29, 1.82) is 0 Å². The molecule has 0 radical (unpaired) electrons. The lowest BCUT2D eigenvalue weighted by molar-refractivity contribution is 0.0697. The average molecular weight is 230 g/mol. The summed E-state index contributed by atoms with van der Waals surface area (Å²) in [7, 11) is 0. The maximum atomic E-state index is 10.7. The van der Waals surface area contributed by atoms with Crippen LogP contribution in [-0.4, -0.2) is 21.0 Å². The second kappa shape index (κ2) is 4.48. The van der Waals surface area contributed by atoms with E-state index in [2.05, 4.69) is 15.3 Å². The molecule has 0 atom stereocenters. The monoisotopic (exact) mass is 230 g/mol. The molecule has 86 valence electrons. The molecule has 0 saturated carbocycles. The summed E-state index contributed by atoms with van der Waals surface area (Å²) in [6, 6.07) is 7.85. The van der Waals surface area contributed by atoms with E-state index in [1.54, 1.807) is 18.2 Å². The van der Waals surface area contributed by atoms with Crippen LogP contribution >= 0.6 is 0 Å². The number of carboxylic acids is 1. The number of carbonyl (C=O) groups is 1. The van der Waals surface area contributed by atoms with Crippen molar-refractivity contribution in [1.82, 2.24) is 9.97 Å². The van der Waals surface area contributed by atoms with Crippen molar-refractivity contribution in [3.63, 3.8) is 0 Å². The highest BCUT2D eigenvalue weighted by atomic mass is 16.4. The van der Waals surface area contributed by atoms with Gasteiger partial charge in [0, 0.05) is 11.9 Å². The van der Waals surface area contributed by atoms with Crippen LogP contribution in [0.25, 0.3) is 0 Å². The van der Waals surface area contributed by atoms with E-state index in [0.717, 1.165) is 0 Å². The zero-order valence-electron chi connectivity index (χ0n) is 8.79. The SMILES string of the molecule is Nc1ccnc(Nc2ccc(C(=O)O)cc2)n1. The first kappa shape index (κ1) is 10.9. The topological polar surface area (TPSA) is 101 Å². The Balaban J connectivity index is 2.16. The molecule has 0 bridgehead atoms. The highest BCUT2D eigenvalue weighted by Crippen LogP contribution is 2.14. The van der Waals surface area contributed by atoms with E-state index in [1.165, 1.54) is 18.3 Å². The normalized spacial score (nSPS) is 9.88. The van der Waals surface area contributed by atoms with Gasteiger partial charge in [-0.05, 0) is 30.3 Å². The second-order valence-corrected chi connectivity index (χ2v) is 3.31. The van der Waals surface area contributed by atoms with Crippen LogP contribution < -0.4 is 11.1 Å². The minimum atomic E-state index is -0.961. The molecule has 0 unspecified atom stereocenters. The molecular formula is C11H10N4O2. The smallest absolute Gasteiger partial charge is 0.335 e. The lowest BCUT2D eigenvalue weighted by Crippen LogP contribution is -2.00. The number of carboxylic acid groups (broad SMARTS) is 1. The summed E-state index contributed by atoms with van der Waals surface area (Å²) >= 11 is 0. The quantitative estimate of drug-likeness (QED) is 0.738. The van der Waals surface area contributed by atoms with Crippen LogP contribution in [0.2, 0.25) is 0 Å². The van der Waals surface area contributed by atoms with Gasteiger partial charge in [-0.3, -0.25) is 0 Å². The molecule has 1 aromatic carbocycles. The summed E-state index contributed by atoms with van der Waals surface area (Å²) < 4.78 is 0. The van der Waals surface area contributed by atoms with E-state index < -0.39 is 5.97 Å². The van der Waals surface area contributed by atoms with Crippen molar-refractivity contribution < 1.29 is 9.90 Å². The first-order chi connectivity index (χ1) is 8.15. The first-order valence-electron chi connectivity index (χ1n) is 4.84. The maximum absolute atomic E-state index is 10.7. The molecule has 0 aliphatic rings. The molecule has 4 N–H and O–H groups in total. The van der Waals surface area contributed by atoms with Gasteiger partial charge >= 0.3 is 5.97 Å². The number of hydrogen-bond donors (Lipinski definition) is 3. The van der Waals surface area contributed by atoms with Crippen LogP contribution in [-0.2, 0) is 0 Å². The van der Waals surface area contributed by atoms with E-state index in [9.17, 15) is 4.79 Å². The van der Waals surface area contributed by atoms with Crippen LogP contribution in [0.5, 0.6) is 0 Å². The molecule has 6 heteroatoms. The fraction of sp³-hybridized carbons (Fsp3) is 0. The molecule has 6 nitrogen and oxygen atoms in total. The Bertz CT molecular complexity index is 539. The van der Waals surface area contributed by atoms with Crippen LogP contribution in [0, 0.1) is 0 Å². The number of aromatic nitrogens is 2. The third-order valence-corrected chi connectivity index (χ3v) is 2.07. The summed E-state index contributed by atoms with van der Waals surface area (Å²) in [6.45, 7) is 0. The van der Waals surface area contributed by atoms with Crippen LogP contribution in [0.1, 0.15) is 10.4 Å². The van der Waals surface area contributed by atoms with E-state index in [0.29, 0.717) is 17.5 Å². The number of hydrogen-bond acceptors (Lipinski definition) is 5. The molecule has 0 aliphatic carbocycles. The zero-order valence-corrected chi connectivity index (χ0v) is 8.79. The van der Waals surface area contributed by atoms with E-state index in [-0.39, 0.29) is 5.56 Å². The van der Waals surface area contributed by atoms with E-state index in [1.807, 2.05) is 0 Å². The molecule has 0 spiro atoms. The van der Waals surface area contributed by atoms with Crippen molar-refractivity contribution in [2.75, 3.05) is 11.1 Å². The number of nitrogen functional groups attached to an aromatic ring is 1. The van der Waals surface area contributed by atoms with E-state index in [4.69, 9.17) is 10.8 Å². The summed E-state index contributed by atoms with van der Waals surface area (Å²) in [5.74, 6) is -0.227. The molecule has 1 aromatic heterocycles. The molecule has 2 rings (SSSR count). The van der Waals surface area contributed by atoms with Gasteiger partial charge in [-0.2, -0.15) is 4.98 Å². The predicted molar refractivity (Wildman–Crippen MR) is 63.1 cm³/mol. The van der Waals surface area contributed by atoms with Gasteiger partial charge in [0.15, 0.2) is 0 Å². The number of nitrogens with zero attached hydrogens (tertiary/aromatic N) is 2. The Hall–Kier alpha value is -2.63. The highest BCUT2D eigenvalue weighted by Gasteiger charge is 2.02. The number of rotatable bonds is 3. The van der Waals surface area contributed by atoms with Gasteiger partial charge < -0.3 is 16.2 Å². The number of nitrogens with one attached hydrogen (secondary N) is 1. The standard InChI is InChI=1S/C11H10N4O2/c12-9-5-6-13-11(15-9)14-8-3-1-7(2-4-8)10(16)17/h1-6H,(H,16,17)(H3,12,13,14,15). The molecule has 2 aromatic rings. The third-order valence-electron chi connectivity index (χ3n) is 2.07. The predicted octanol–water partition coefficient (Wildman–Crippen LogP) is 1.50. The van der Waals surface area contributed by atoms with Crippen molar-refractivity contribution in [3.05, 3.63) is 42.1 Å². The summed E-state index contributed by atoms with van der Waals surface area (Å²) in [5.41, 5.74) is 6.43. The number of nitrogens with two attached hydrogens (primary N) is 1. The van der Waals surface area contributed by atoms with Crippen molar-refractivity contribution in [2.45, 2.75) is 0 Å². The molecule has 0 saturated heterocycles. The first-order valence-corrected chi connectivity index (χ1v) is 4.84. The molecule has 0 aliphatic heterocycles. The second-order valence-electron chi connectivity index (χ2n) is 3.31. The summed E-state index contributed by atoms with van der Waals surface area (Å²) in [4.78, 5) is 18.6. The maximum Gasteiger partial charge on any atom is 0.335 e. The lowest BCUT2D eigenvalue weighted by atomic mass is 10.2. The molecule has 0 amide bonds. The Morgan fingerprint density at radius 2 is 1.94 bits per heavy atom. The van der Waals surface area contributed by atoms with Crippen molar-refractivity contribution >= 4 is 23.4 Å². The molecule has 17 heavy (non-hydrogen) atoms. The fourth-order valence-corrected chi connectivity index (χ4v) is 1.26. The highest BCUT2D eigenvalue weighted by molar-refractivity contribution is 5.88. The summed E-state index contributed by atoms with van der Waals surface area (Å²) in [6.07, 6.45) is 1.54. The van der Waals surface area contributed by atoms with Gasteiger partial charge in [0.1, 0.15) is 5.82 Å². The minimum absolute atomic E-state index is 0.226. The zero-order chi connectivity index (χ0) is 12.3. The third kappa shape index (κ3) is 2.69. The van der Waals surface area contributed by atoms with Gasteiger partial charge in [0.25, 0.3) is 0 Å². The van der Waals surface area contributed by atoms with Gasteiger partial charge in [-0.25, -0.2) is 9.78 Å². The van der Waals surface area contributed by atoms with E-state index >= 15 is 0 Å². The van der Waals surface area contributed by atoms with Crippen LogP contribution in [0.4, 0.5) is 17.5 Å². The fourth-order valence-electron chi connectivity index (χ4n) is 1.26. The molecule has 0 fully saturated rings. The van der Waals surface area contributed by atoms with Gasteiger partial charge in [-0.15, -0.1) is 0 Å². The van der Waals surface area contributed by atoms with Crippen LogP contribution in [0.3, 0.4) is 0 Å². The van der Waals surface area contributed by atoms with Gasteiger partial charge in [0.05, 0.1) is 5.56 Å². The van der Waals surface area contributed by atoms with Gasteiger partial charge in [0.2, 0.25) is 5.95 Å². The molecular weight excluding hydrogens is 220 g/mol. The molecule has 1 heterocycles. The van der Waals surface area contributed by atoms with Gasteiger partial charge in [-0.1, -0.05) is 0 Å². The largest absolute Gasteiger partial charge is 0.478 e. The average Bonchev–Trinajstić information content (AvgIpc) is 2.29. The lowest BCUT2D eigenvalue weighted by Gasteiger charge is -2.04. The Morgan fingerprint density at radius 3 is 2.53 bits per heavy atom. The van der Waals surface area contributed by atoms with Crippen molar-refractivity contribution in [2.24, 2.45) is 0 Å². The Morgan fingerprint density at radius 1 is 1.24 bits per heavy atom. The summed E-state index contributed by atoms with van der Waals surface area (Å²) in [5, 5.41) is 11.7. The number of aromatic carboxylic acids is 1. The minimum Gasteiger partial charge on any atom is -0.478 e. The van der Waals surface area contributed by atoms with Crippen LogP contribution in [0.15, 0.2) is 36.5 Å².